The fourth-order valence-corrected chi connectivity index (χ4v) is 2.66. The van der Waals surface area contributed by atoms with Gasteiger partial charge in [0.1, 0.15) is 5.39 Å². The van der Waals surface area contributed by atoms with Crippen LogP contribution in [-0.2, 0) is 18.8 Å². The van der Waals surface area contributed by atoms with E-state index in [1.54, 1.807) is 19.3 Å². The van der Waals surface area contributed by atoms with Gasteiger partial charge in [-0.1, -0.05) is 0 Å². The van der Waals surface area contributed by atoms with Gasteiger partial charge in [-0.3, -0.25) is 13.9 Å². The van der Waals surface area contributed by atoms with Crippen LogP contribution in [0.15, 0.2) is 21.9 Å². The van der Waals surface area contributed by atoms with Crippen molar-refractivity contribution in [1.29, 1.82) is 0 Å². The highest BCUT2D eigenvalue weighted by molar-refractivity contribution is 5.88. The first kappa shape index (κ1) is 13.8. The molecule has 3 rings (SSSR count). The third-order valence-corrected chi connectivity index (χ3v) is 3.89. The smallest absolute Gasteiger partial charge is 0.332 e. The Balaban J connectivity index is 2.06. The Hall–Kier alpha value is -2.15. The third kappa shape index (κ3) is 2.33. The highest BCUT2D eigenvalue weighted by Gasteiger charge is 2.17. The number of pyridine rings is 1. The van der Waals surface area contributed by atoms with E-state index in [0.717, 1.165) is 24.0 Å². The molecular weight excluding hydrogens is 272 g/mol. The van der Waals surface area contributed by atoms with Crippen LogP contribution in [-0.4, -0.2) is 33.4 Å². The lowest BCUT2D eigenvalue weighted by Crippen LogP contribution is -2.37. The molecule has 0 spiro atoms. The van der Waals surface area contributed by atoms with E-state index in [9.17, 15) is 9.59 Å². The molecule has 21 heavy (non-hydrogen) atoms. The number of aromatic nitrogens is 3. The van der Waals surface area contributed by atoms with Crippen LogP contribution in [0.2, 0.25) is 0 Å². The Morgan fingerprint density at radius 1 is 1.38 bits per heavy atom. The van der Waals surface area contributed by atoms with Crippen LogP contribution >= 0.6 is 0 Å². The van der Waals surface area contributed by atoms with Gasteiger partial charge in [0.2, 0.25) is 0 Å². The average molecular weight is 290 g/mol. The van der Waals surface area contributed by atoms with E-state index >= 15 is 0 Å². The van der Waals surface area contributed by atoms with E-state index in [1.807, 2.05) is 0 Å². The molecule has 0 amide bonds. The SMILES string of the molecule is Cn1c(=O)c2c(NC[C@H]3CCCO3)ccnc2n(C)c1=O. The first-order valence-corrected chi connectivity index (χ1v) is 7.00. The number of nitrogens with one attached hydrogen (secondary N) is 1. The number of fused-ring (bicyclic) bond motifs is 1. The minimum atomic E-state index is -0.378. The monoisotopic (exact) mass is 290 g/mol. The minimum absolute atomic E-state index is 0.171. The summed E-state index contributed by atoms with van der Waals surface area (Å²) in [6.45, 7) is 1.44. The summed E-state index contributed by atoms with van der Waals surface area (Å²) in [6.07, 6.45) is 3.86. The van der Waals surface area contributed by atoms with Crippen LogP contribution in [0.5, 0.6) is 0 Å². The maximum absolute atomic E-state index is 12.4. The molecule has 1 atom stereocenters. The normalized spacial score (nSPS) is 18.3. The standard InChI is InChI=1S/C14H18N4O3/c1-17-12-11(13(19)18(2)14(17)20)10(5-6-15-12)16-8-9-4-3-7-21-9/h5-6,9H,3-4,7-8H2,1-2H3,(H,15,16)/t9-/m1/s1. The molecular formula is C14H18N4O3. The molecule has 1 aliphatic heterocycles. The molecule has 7 nitrogen and oxygen atoms in total. The maximum Gasteiger partial charge on any atom is 0.332 e. The Morgan fingerprint density at radius 2 is 2.19 bits per heavy atom. The van der Waals surface area contributed by atoms with Crippen molar-refractivity contribution in [3.63, 3.8) is 0 Å². The van der Waals surface area contributed by atoms with Gasteiger partial charge in [-0.2, -0.15) is 0 Å². The number of hydrogen-bond acceptors (Lipinski definition) is 5. The van der Waals surface area contributed by atoms with Crippen LogP contribution in [0, 0.1) is 0 Å². The molecule has 0 aliphatic carbocycles. The van der Waals surface area contributed by atoms with Gasteiger partial charge in [0.25, 0.3) is 5.56 Å². The third-order valence-electron chi connectivity index (χ3n) is 3.89. The second-order valence-corrected chi connectivity index (χ2v) is 5.28. The summed E-state index contributed by atoms with van der Waals surface area (Å²) in [5.41, 5.74) is 0.361. The average Bonchev–Trinajstić information content (AvgIpc) is 3.01. The van der Waals surface area contributed by atoms with Gasteiger partial charge in [0, 0.05) is 33.4 Å². The van der Waals surface area contributed by atoms with Crippen LogP contribution in [0.4, 0.5) is 5.69 Å². The fourth-order valence-electron chi connectivity index (χ4n) is 2.66. The Labute approximate surface area is 121 Å². The lowest BCUT2D eigenvalue weighted by Gasteiger charge is -2.14. The molecule has 1 aliphatic rings. The molecule has 2 aromatic heterocycles. The molecule has 112 valence electrons. The Morgan fingerprint density at radius 3 is 2.90 bits per heavy atom. The van der Waals surface area contributed by atoms with E-state index in [2.05, 4.69) is 10.3 Å². The highest BCUT2D eigenvalue weighted by Crippen LogP contribution is 2.18. The molecule has 0 radical (unpaired) electrons. The van der Waals surface area contributed by atoms with Gasteiger partial charge < -0.3 is 10.1 Å². The van der Waals surface area contributed by atoms with Crippen LogP contribution < -0.4 is 16.6 Å². The van der Waals surface area contributed by atoms with Crippen molar-refractivity contribution in [3.05, 3.63) is 33.1 Å². The van der Waals surface area contributed by atoms with Crippen molar-refractivity contribution in [2.45, 2.75) is 18.9 Å². The second kappa shape index (κ2) is 5.33. The number of aryl methyl sites for hydroxylation is 1. The molecule has 1 N–H and O–H groups in total. The van der Waals surface area contributed by atoms with Crippen LogP contribution in [0.1, 0.15) is 12.8 Å². The van der Waals surface area contributed by atoms with Crippen molar-refractivity contribution in [2.24, 2.45) is 14.1 Å². The molecule has 0 unspecified atom stereocenters. The molecule has 0 aromatic carbocycles. The van der Waals surface area contributed by atoms with E-state index in [-0.39, 0.29) is 17.4 Å². The maximum atomic E-state index is 12.4. The lowest BCUT2D eigenvalue weighted by molar-refractivity contribution is 0.120. The Bertz CT molecular complexity index is 787. The first-order valence-electron chi connectivity index (χ1n) is 7.00. The molecule has 1 saturated heterocycles. The molecule has 0 bridgehead atoms. The number of anilines is 1. The number of hydrogen-bond donors (Lipinski definition) is 1. The zero-order valence-electron chi connectivity index (χ0n) is 12.1. The summed E-state index contributed by atoms with van der Waals surface area (Å²) in [6, 6.07) is 1.75. The molecule has 0 saturated carbocycles. The minimum Gasteiger partial charge on any atom is -0.382 e. The van der Waals surface area contributed by atoms with E-state index in [1.165, 1.54) is 11.6 Å². The zero-order valence-corrected chi connectivity index (χ0v) is 12.1. The van der Waals surface area contributed by atoms with Gasteiger partial charge in [-0.25, -0.2) is 9.78 Å². The summed E-state index contributed by atoms with van der Waals surface area (Å²) >= 11 is 0. The predicted octanol–water partition coefficient (Wildman–Crippen LogP) is 0.223. The molecule has 1 fully saturated rings. The number of nitrogens with zero attached hydrogens (tertiary/aromatic N) is 3. The summed E-state index contributed by atoms with van der Waals surface area (Å²) in [7, 11) is 3.09. The topological polar surface area (TPSA) is 78.2 Å². The number of ether oxygens (including phenoxy) is 1. The van der Waals surface area contributed by atoms with Crippen molar-refractivity contribution in [2.75, 3.05) is 18.5 Å². The van der Waals surface area contributed by atoms with Gasteiger partial charge in [0.15, 0.2) is 5.65 Å². The van der Waals surface area contributed by atoms with Gasteiger partial charge in [-0.05, 0) is 18.9 Å². The second-order valence-electron chi connectivity index (χ2n) is 5.28. The van der Waals surface area contributed by atoms with Crippen LogP contribution in [0.3, 0.4) is 0 Å². The van der Waals surface area contributed by atoms with E-state index < -0.39 is 0 Å². The molecule has 3 heterocycles. The van der Waals surface area contributed by atoms with Gasteiger partial charge in [-0.15, -0.1) is 0 Å². The van der Waals surface area contributed by atoms with E-state index in [4.69, 9.17) is 4.74 Å². The molecule has 2 aromatic rings. The van der Waals surface area contributed by atoms with Crippen molar-refractivity contribution in [3.8, 4) is 0 Å². The van der Waals surface area contributed by atoms with Crippen LogP contribution in [0.25, 0.3) is 11.0 Å². The van der Waals surface area contributed by atoms with E-state index in [0.29, 0.717) is 23.3 Å². The predicted molar refractivity (Wildman–Crippen MR) is 79.7 cm³/mol. The summed E-state index contributed by atoms with van der Waals surface area (Å²) < 4.78 is 8.05. The summed E-state index contributed by atoms with van der Waals surface area (Å²) in [4.78, 5) is 28.4. The van der Waals surface area contributed by atoms with Crippen molar-refractivity contribution < 1.29 is 4.74 Å². The number of rotatable bonds is 3. The quantitative estimate of drug-likeness (QED) is 0.875. The fraction of sp³-hybridized carbons (Fsp3) is 0.500. The van der Waals surface area contributed by atoms with Gasteiger partial charge >= 0.3 is 5.69 Å². The van der Waals surface area contributed by atoms with Crippen molar-refractivity contribution >= 4 is 16.7 Å². The largest absolute Gasteiger partial charge is 0.382 e. The van der Waals surface area contributed by atoms with Crippen molar-refractivity contribution in [1.82, 2.24) is 14.1 Å². The first-order chi connectivity index (χ1) is 10.1. The highest BCUT2D eigenvalue weighted by atomic mass is 16.5. The lowest BCUT2D eigenvalue weighted by atomic mass is 10.2. The Kier molecular flexibility index (Phi) is 3.50. The zero-order chi connectivity index (χ0) is 15.0. The molecule has 7 heteroatoms. The van der Waals surface area contributed by atoms with Gasteiger partial charge in [0.05, 0.1) is 11.8 Å². The summed E-state index contributed by atoms with van der Waals surface area (Å²) in [5.74, 6) is 0. The summed E-state index contributed by atoms with van der Waals surface area (Å²) in [5, 5.41) is 3.68.